The van der Waals surface area contributed by atoms with Crippen LogP contribution in [-0.4, -0.2) is 43.9 Å². The molecule has 146 valence electrons. The molecule has 6 nitrogen and oxygen atoms in total. The van der Waals surface area contributed by atoms with Crippen molar-refractivity contribution >= 4 is 10.0 Å². The van der Waals surface area contributed by atoms with Crippen LogP contribution in [0.1, 0.15) is 5.89 Å². The molecule has 1 saturated heterocycles. The fraction of sp³-hybridized carbons (Fsp3) is 0.250. The van der Waals surface area contributed by atoms with Crippen LogP contribution in [0, 0.1) is 5.82 Å². The Bertz CT molecular complexity index is 1050. The van der Waals surface area contributed by atoms with Crippen LogP contribution in [-0.2, 0) is 16.6 Å². The molecule has 0 aliphatic carbocycles. The zero-order chi connectivity index (χ0) is 19.6. The zero-order valence-corrected chi connectivity index (χ0v) is 16.0. The van der Waals surface area contributed by atoms with Crippen LogP contribution in [0.3, 0.4) is 0 Å². The maximum Gasteiger partial charge on any atom is 0.250 e. The van der Waals surface area contributed by atoms with Gasteiger partial charge in [-0.05, 0) is 18.2 Å². The van der Waals surface area contributed by atoms with Crippen molar-refractivity contribution in [2.75, 3.05) is 26.2 Å². The maximum atomic E-state index is 13.4. The van der Waals surface area contributed by atoms with Gasteiger partial charge in [0.15, 0.2) is 12.3 Å². The molecule has 28 heavy (non-hydrogen) atoms. The van der Waals surface area contributed by atoms with Crippen LogP contribution in [0.4, 0.5) is 4.39 Å². The summed E-state index contributed by atoms with van der Waals surface area (Å²) < 4.78 is 46.0. The fourth-order valence-corrected chi connectivity index (χ4v) is 4.81. The van der Waals surface area contributed by atoms with Crippen molar-refractivity contribution in [1.29, 1.82) is 0 Å². The van der Waals surface area contributed by atoms with Crippen LogP contribution in [0.15, 0.2) is 70.1 Å². The number of nitrogens with one attached hydrogen (secondary N) is 1. The Morgan fingerprint density at radius 2 is 1.82 bits per heavy atom. The minimum absolute atomic E-state index is 0.00356. The van der Waals surface area contributed by atoms with E-state index in [0.29, 0.717) is 38.6 Å². The molecule has 1 N–H and O–H groups in total. The molecule has 0 spiro atoms. The zero-order valence-electron chi connectivity index (χ0n) is 15.2. The highest BCUT2D eigenvalue weighted by Crippen LogP contribution is 2.19. The van der Waals surface area contributed by atoms with Gasteiger partial charge >= 0.3 is 0 Å². The molecule has 0 saturated carbocycles. The Morgan fingerprint density at radius 1 is 1.07 bits per heavy atom. The largest absolute Gasteiger partial charge is 0.435 e. The van der Waals surface area contributed by atoms with Gasteiger partial charge in [-0.1, -0.05) is 36.4 Å². The SMILES string of the molecule is O=S(=O)(c1cccc(F)c1)N1CC[NH+](Cc2ncc(-c3ccccc3)o2)CC1. The normalized spacial score (nSPS) is 16.3. The van der Waals surface area contributed by atoms with E-state index in [9.17, 15) is 12.8 Å². The monoisotopic (exact) mass is 402 g/mol. The topological polar surface area (TPSA) is 67.8 Å². The standard InChI is InChI=1S/C20H20FN3O3S/c21-17-7-4-8-18(13-17)28(25,26)24-11-9-23(10-12-24)15-20-22-14-19(27-20)16-5-2-1-3-6-16/h1-8,13-14H,9-12,15H2/p+1. The van der Waals surface area contributed by atoms with Gasteiger partial charge in [-0.2, -0.15) is 4.31 Å². The lowest BCUT2D eigenvalue weighted by Crippen LogP contribution is -3.13. The van der Waals surface area contributed by atoms with Crippen LogP contribution >= 0.6 is 0 Å². The average Bonchev–Trinajstić information content (AvgIpc) is 3.18. The molecule has 8 heteroatoms. The van der Waals surface area contributed by atoms with Gasteiger partial charge in [-0.25, -0.2) is 17.8 Å². The first kappa shape index (κ1) is 18.8. The molecule has 0 bridgehead atoms. The summed E-state index contributed by atoms with van der Waals surface area (Å²) in [5.41, 5.74) is 0.974. The van der Waals surface area contributed by atoms with Crippen molar-refractivity contribution in [1.82, 2.24) is 9.29 Å². The van der Waals surface area contributed by atoms with Crippen LogP contribution < -0.4 is 4.90 Å². The van der Waals surface area contributed by atoms with Gasteiger partial charge in [-0.15, -0.1) is 0 Å². The highest BCUT2D eigenvalue weighted by Gasteiger charge is 2.31. The first-order valence-electron chi connectivity index (χ1n) is 9.12. The van der Waals surface area contributed by atoms with Crippen LogP contribution in [0.25, 0.3) is 11.3 Å². The second kappa shape index (κ2) is 7.83. The molecule has 0 unspecified atom stereocenters. The van der Waals surface area contributed by atoms with Gasteiger partial charge in [0.25, 0.3) is 5.89 Å². The molecule has 0 radical (unpaired) electrons. The van der Waals surface area contributed by atoms with Crippen molar-refractivity contribution in [2.24, 2.45) is 0 Å². The minimum atomic E-state index is -3.67. The lowest BCUT2D eigenvalue weighted by atomic mass is 10.2. The fourth-order valence-electron chi connectivity index (χ4n) is 3.34. The third-order valence-corrected chi connectivity index (χ3v) is 6.77. The van der Waals surface area contributed by atoms with E-state index < -0.39 is 15.8 Å². The second-order valence-corrected chi connectivity index (χ2v) is 8.71. The first-order valence-corrected chi connectivity index (χ1v) is 10.6. The highest BCUT2D eigenvalue weighted by atomic mass is 32.2. The summed E-state index contributed by atoms with van der Waals surface area (Å²) in [6.07, 6.45) is 1.72. The summed E-state index contributed by atoms with van der Waals surface area (Å²) in [6, 6.07) is 14.9. The predicted molar refractivity (Wildman–Crippen MR) is 101 cm³/mol. The number of rotatable bonds is 5. The van der Waals surface area contributed by atoms with E-state index in [1.165, 1.54) is 27.4 Å². The molecule has 2 heterocycles. The van der Waals surface area contributed by atoms with E-state index in [4.69, 9.17) is 4.42 Å². The summed E-state index contributed by atoms with van der Waals surface area (Å²) in [5.74, 6) is 0.807. The lowest BCUT2D eigenvalue weighted by Gasteiger charge is -2.30. The van der Waals surface area contributed by atoms with Crippen molar-refractivity contribution in [2.45, 2.75) is 11.4 Å². The van der Waals surface area contributed by atoms with Gasteiger partial charge in [0.2, 0.25) is 10.0 Å². The lowest BCUT2D eigenvalue weighted by molar-refractivity contribution is -0.918. The van der Waals surface area contributed by atoms with Gasteiger partial charge in [0.1, 0.15) is 5.82 Å². The average molecular weight is 402 g/mol. The first-order chi connectivity index (χ1) is 13.5. The maximum absolute atomic E-state index is 13.4. The Kier molecular flexibility index (Phi) is 5.25. The second-order valence-electron chi connectivity index (χ2n) is 6.77. The Balaban J connectivity index is 1.38. The summed E-state index contributed by atoms with van der Waals surface area (Å²) in [4.78, 5) is 5.55. The predicted octanol–water partition coefficient (Wildman–Crippen LogP) is 1.57. The summed E-state index contributed by atoms with van der Waals surface area (Å²) in [5, 5.41) is 0. The van der Waals surface area contributed by atoms with E-state index in [-0.39, 0.29) is 4.90 Å². The van der Waals surface area contributed by atoms with Crippen molar-refractivity contribution in [3.8, 4) is 11.3 Å². The number of aromatic nitrogens is 1. The molecule has 1 fully saturated rings. The molecule has 3 aromatic rings. The summed E-state index contributed by atoms with van der Waals surface area (Å²) in [6.45, 7) is 2.62. The van der Waals surface area contributed by atoms with Gasteiger partial charge in [0, 0.05) is 5.56 Å². The molecule has 0 amide bonds. The molecule has 1 aromatic heterocycles. The smallest absolute Gasteiger partial charge is 0.250 e. The van der Waals surface area contributed by atoms with Crippen molar-refractivity contribution < 1.29 is 22.1 Å². The molecule has 2 aromatic carbocycles. The van der Waals surface area contributed by atoms with Crippen LogP contribution in [0.2, 0.25) is 0 Å². The minimum Gasteiger partial charge on any atom is -0.435 e. The van der Waals surface area contributed by atoms with Crippen molar-refractivity contribution in [3.63, 3.8) is 0 Å². The Labute approximate surface area is 163 Å². The van der Waals surface area contributed by atoms with E-state index >= 15 is 0 Å². The molecular formula is C20H21FN3O3S+. The van der Waals surface area contributed by atoms with Crippen molar-refractivity contribution in [3.05, 3.63) is 72.5 Å². The third-order valence-electron chi connectivity index (χ3n) is 4.88. The van der Waals surface area contributed by atoms with Crippen LogP contribution in [0.5, 0.6) is 0 Å². The molecule has 0 atom stereocenters. The number of hydrogen-bond donors (Lipinski definition) is 1. The molecule has 1 aliphatic heterocycles. The molecular weight excluding hydrogens is 381 g/mol. The summed E-state index contributed by atoms with van der Waals surface area (Å²) >= 11 is 0. The van der Waals surface area contributed by atoms with E-state index in [1.807, 2.05) is 30.3 Å². The Hall–Kier alpha value is -2.55. The van der Waals surface area contributed by atoms with Gasteiger partial charge in [0.05, 0.1) is 37.3 Å². The summed E-state index contributed by atoms with van der Waals surface area (Å²) in [7, 11) is -3.67. The third kappa shape index (κ3) is 3.99. The number of oxazole rings is 1. The van der Waals surface area contributed by atoms with E-state index in [1.54, 1.807) is 6.20 Å². The number of hydrogen-bond acceptors (Lipinski definition) is 4. The number of quaternary nitrogens is 1. The van der Waals surface area contributed by atoms with E-state index in [2.05, 4.69) is 4.98 Å². The highest BCUT2D eigenvalue weighted by molar-refractivity contribution is 7.89. The number of nitrogens with zero attached hydrogens (tertiary/aromatic N) is 2. The van der Waals surface area contributed by atoms with Gasteiger partial charge < -0.3 is 9.32 Å². The van der Waals surface area contributed by atoms with E-state index in [0.717, 1.165) is 17.4 Å². The number of benzene rings is 2. The number of sulfonamides is 1. The molecule has 4 rings (SSSR count). The number of halogens is 1. The Morgan fingerprint density at radius 3 is 2.54 bits per heavy atom. The quantitative estimate of drug-likeness (QED) is 0.704. The number of piperazine rings is 1. The molecule has 1 aliphatic rings. The van der Waals surface area contributed by atoms with Gasteiger partial charge in [-0.3, -0.25) is 0 Å².